The molecule has 1 heterocycles. The van der Waals surface area contributed by atoms with Gasteiger partial charge in [0, 0.05) is 6.20 Å². The molecule has 0 saturated carbocycles. The molecule has 0 bridgehead atoms. The van der Waals surface area contributed by atoms with E-state index in [-0.39, 0.29) is 21.3 Å². The molecule has 0 atom stereocenters. The lowest BCUT2D eigenvalue weighted by atomic mass is 10.2. The number of nitriles is 1. The Balaban J connectivity index is 2.47. The van der Waals surface area contributed by atoms with E-state index in [0.29, 0.717) is 0 Å². The number of hydrogen-bond donors (Lipinski definition) is 1. The Labute approximate surface area is 121 Å². The molecule has 2 aromatic rings. The van der Waals surface area contributed by atoms with Crippen molar-refractivity contribution >= 4 is 27.4 Å². The second-order valence-corrected chi connectivity index (χ2v) is 6.11. The lowest BCUT2D eigenvalue weighted by molar-refractivity contribution is 0.601. The molecular weight excluding hydrogens is 298 g/mol. The lowest BCUT2D eigenvalue weighted by Gasteiger charge is -2.09. The van der Waals surface area contributed by atoms with Crippen molar-refractivity contribution in [2.45, 2.75) is 11.8 Å². The zero-order chi connectivity index (χ0) is 14.8. The summed E-state index contributed by atoms with van der Waals surface area (Å²) in [5, 5.41) is 9.12. The number of pyridine rings is 1. The normalized spacial score (nSPS) is 10.8. The van der Waals surface area contributed by atoms with Crippen LogP contribution in [0.1, 0.15) is 11.1 Å². The molecule has 0 aliphatic heterocycles. The first kappa shape index (κ1) is 14.3. The van der Waals surface area contributed by atoms with Gasteiger partial charge in [0.05, 0.1) is 10.6 Å². The summed E-state index contributed by atoms with van der Waals surface area (Å²) in [7, 11) is -3.91. The Bertz CT molecular complexity index is 798. The highest BCUT2D eigenvalue weighted by atomic mass is 35.5. The maximum atomic E-state index is 12.3. The standard InChI is InChI=1S/C13H10ClN3O2S/c1-9-5-6-16-13(7-9)17-20(18,19)12-4-2-3-11(14)10(12)8-15/h2-7H,1H3,(H,16,17). The van der Waals surface area contributed by atoms with Crippen LogP contribution in [-0.2, 0) is 10.0 Å². The molecular formula is C13H10ClN3O2S. The molecule has 0 radical (unpaired) electrons. The monoisotopic (exact) mass is 307 g/mol. The number of rotatable bonds is 3. The SMILES string of the molecule is Cc1ccnc(NS(=O)(=O)c2cccc(Cl)c2C#N)c1. The van der Waals surface area contributed by atoms with Gasteiger partial charge in [0.25, 0.3) is 10.0 Å². The second-order valence-electron chi connectivity index (χ2n) is 4.05. The number of hydrogen-bond acceptors (Lipinski definition) is 4. The van der Waals surface area contributed by atoms with Gasteiger partial charge in [-0.05, 0) is 36.8 Å². The molecule has 0 spiro atoms. The number of benzene rings is 1. The molecule has 0 fully saturated rings. The van der Waals surface area contributed by atoms with Crippen molar-refractivity contribution in [2.24, 2.45) is 0 Å². The molecule has 0 aliphatic rings. The highest BCUT2D eigenvalue weighted by Crippen LogP contribution is 2.24. The predicted octanol–water partition coefficient (Wildman–Crippen LogP) is 2.72. The summed E-state index contributed by atoms with van der Waals surface area (Å²) in [5.41, 5.74) is 0.777. The van der Waals surface area contributed by atoms with E-state index in [1.165, 1.54) is 24.4 Å². The van der Waals surface area contributed by atoms with Gasteiger partial charge in [0.15, 0.2) is 0 Å². The second kappa shape index (κ2) is 5.49. The minimum Gasteiger partial charge on any atom is -0.263 e. The fourth-order valence-corrected chi connectivity index (χ4v) is 3.07. The average molecular weight is 308 g/mol. The van der Waals surface area contributed by atoms with E-state index in [0.717, 1.165) is 5.56 Å². The summed E-state index contributed by atoms with van der Waals surface area (Å²) in [6.45, 7) is 1.82. The zero-order valence-electron chi connectivity index (χ0n) is 10.5. The van der Waals surface area contributed by atoms with Crippen LogP contribution in [0.2, 0.25) is 5.02 Å². The minimum absolute atomic E-state index is 0.0886. The quantitative estimate of drug-likeness (QED) is 0.945. The van der Waals surface area contributed by atoms with Crippen LogP contribution in [0.3, 0.4) is 0 Å². The molecule has 102 valence electrons. The third-order valence-electron chi connectivity index (χ3n) is 2.53. The maximum Gasteiger partial charge on any atom is 0.264 e. The van der Waals surface area contributed by atoms with Crippen molar-refractivity contribution in [3.8, 4) is 6.07 Å². The zero-order valence-corrected chi connectivity index (χ0v) is 12.0. The van der Waals surface area contributed by atoms with Gasteiger partial charge in [-0.3, -0.25) is 4.72 Å². The first-order valence-corrected chi connectivity index (χ1v) is 7.44. The van der Waals surface area contributed by atoms with Gasteiger partial charge in [0.1, 0.15) is 16.8 Å². The van der Waals surface area contributed by atoms with Crippen molar-refractivity contribution < 1.29 is 8.42 Å². The van der Waals surface area contributed by atoms with Crippen LogP contribution in [0.4, 0.5) is 5.82 Å². The summed E-state index contributed by atoms with van der Waals surface area (Å²) in [4.78, 5) is 3.75. The number of nitrogens with zero attached hydrogens (tertiary/aromatic N) is 2. The van der Waals surface area contributed by atoms with Gasteiger partial charge >= 0.3 is 0 Å². The number of sulfonamides is 1. The molecule has 5 nitrogen and oxygen atoms in total. The fraction of sp³-hybridized carbons (Fsp3) is 0.0769. The van der Waals surface area contributed by atoms with Crippen molar-refractivity contribution in [3.63, 3.8) is 0 Å². The van der Waals surface area contributed by atoms with E-state index in [2.05, 4.69) is 9.71 Å². The number of nitrogens with one attached hydrogen (secondary N) is 1. The van der Waals surface area contributed by atoms with E-state index in [1.807, 2.05) is 6.92 Å². The van der Waals surface area contributed by atoms with E-state index >= 15 is 0 Å². The van der Waals surface area contributed by atoms with Gasteiger partial charge in [-0.1, -0.05) is 17.7 Å². The molecule has 7 heteroatoms. The number of halogens is 1. The lowest BCUT2D eigenvalue weighted by Crippen LogP contribution is -2.15. The molecule has 0 saturated heterocycles. The molecule has 2 rings (SSSR count). The fourth-order valence-electron chi connectivity index (χ4n) is 1.62. The van der Waals surface area contributed by atoms with E-state index < -0.39 is 10.0 Å². The van der Waals surface area contributed by atoms with E-state index in [4.69, 9.17) is 16.9 Å². The third kappa shape index (κ3) is 2.90. The Morgan fingerprint density at radius 1 is 1.35 bits per heavy atom. The molecule has 0 amide bonds. The van der Waals surface area contributed by atoms with Crippen LogP contribution in [0.5, 0.6) is 0 Å². The highest BCUT2D eigenvalue weighted by Gasteiger charge is 2.21. The van der Waals surface area contributed by atoms with E-state index in [9.17, 15) is 8.42 Å². The maximum absolute atomic E-state index is 12.3. The first-order chi connectivity index (χ1) is 9.44. The highest BCUT2D eigenvalue weighted by molar-refractivity contribution is 7.92. The van der Waals surface area contributed by atoms with Crippen LogP contribution in [0.25, 0.3) is 0 Å². The molecule has 0 aliphatic carbocycles. The van der Waals surface area contributed by atoms with Gasteiger partial charge in [-0.2, -0.15) is 5.26 Å². The van der Waals surface area contributed by atoms with Gasteiger partial charge in [-0.25, -0.2) is 13.4 Å². The Kier molecular flexibility index (Phi) is 3.93. The van der Waals surface area contributed by atoms with Gasteiger partial charge < -0.3 is 0 Å². The summed E-state index contributed by atoms with van der Waals surface area (Å²) >= 11 is 5.83. The summed E-state index contributed by atoms with van der Waals surface area (Å²) in [5.74, 6) is 0.189. The molecule has 20 heavy (non-hydrogen) atoms. The average Bonchev–Trinajstić information content (AvgIpc) is 2.38. The topological polar surface area (TPSA) is 82.8 Å². The Morgan fingerprint density at radius 2 is 2.10 bits per heavy atom. The first-order valence-electron chi connectivity index (χ1n) is 5.58. The van der Waals surface area contributed by atoms with E-state index in [1.54, 1.807) is 18.2 Å². The number of aromatic nitrogens is 1. The predicted molar refractivity (Wildman–Crippen MR) is 75.9 cm³/mol. The summed E-state index contributed by atoms with van der Waals surface area (Å²) < 4.78 is 26.9. The number of anilines is 1. The van der Waals surface area contributed by atoms with Crippen LogP contribution in [0, 0.1) is 18.3 Å². The number of aryl methyl sites for hydroxylation is 1. The van der Waals surface area contributed by atoms with Crippen LogP contribution >= 0.6 is 11.6 Å². The van der Waals surface area contributed by atoms with Crippen molar-refractivity contribution in [1.82, 2.24) is 4.98 Å². The molecule has 1 aromatic heterocycles. The van der Waals surface area contributed by atoms with Crippen LogP contribution in [-0.4, -0.2) is 13.4 Å². The Hall–Kier alpha value is -2.10. The largest absolute Gasteiger partial charge is 0.264 e. The molecule has 1 N–H and O–H groups in total. The third-order valence-corrected chi connectivity index (χ3v) is 4.24. The van der Waals surface area contributed by atoms with Gasteiger partial charge in [-0.15, -0.1) is 0 Å². The van der Waals surface area contributed by atoms with Crippen LogP contribution in [0.15, 0.2) is 41.4 Å². The van der Waals surface area contributed by atoms with Crippen molar-refractivity contribution in [1.29, 1.82) is 5.26 Å². The molecule has 1 aromatic carbocycles. The summed E-state index contributed by atoms with van der Waals surface area (Å²) in [6.07, 6.45) is 1.50. The van der Waals surface area contributed by atoms with Crippen LogP contribution < -0.4 is 4.72 Å². The summed E-state index contributed by atoms with van der Waals surface area (Å²) in [6, 6.07) is 9.39. The van der Waals surface area contributed by atoms with Crippen molar-refractivity contribution in [3.05, 3.63) is 52.7 Å². The smallest absolute Gasteiger partial charge is 0.263 e. The van der Waals surface area contributed by atoms with Crippen molar-refractivity contribution in [2.75, 3.05) is 4.72 Å². The minimum atomic E-state index is -3.91. The van der Waals surface area contributed by atoms with Gasteiger partial charge in [0.2, 0.25) is 0 Å². The Morgan fingerprint density at radius 3 is 2.75 bits per heavy atom. The molecule has 0 unspecified atom stereocenters.